The number of nitrogens with zero attached hydrogens (tertiary/aromatic N) is 1. The Labute approximate surface area is 201 Å². The third-order valence-corrected chi connectivity index (χ3v) is 5.02. The van der Waals surface area contributed by atoms with E-state index >= 15 is 0 Å². The number of amides is 4. The van der Waals surface area contributed by atoms with E-state index in [0.717, 1.165) is 5.56 Å². The molecule has 0 saturated heterocycles. The highest BCUT2D eigenvalue weighted by molar-refractivity contribution is 5.96. The van der Waals surface area contributed by atoms with Crippen LogP contribution in [0.25, 0.3) is 0 Å². The summed E-state index contributed by atoms with van der Waals surface area (Å²) in [7, 11) is 0. The van der Waals surface area contributed by atoms with Crippen LogP contribution in [0, 0.1) is 0 Å². The van der Waals surface area contributed by atoms with Crippen molar-refractivity contribution in [1.29, 1.82) is 0 Å². The van der Waals surface area contributed by atoms with E-state index in [4.69, 9.17) is 11.5 Å². The second-order valence-electron chi connectivity index (χ2n) is 7.94. The van der Waals surface area contributed by atoms with Crippen molar-refractivity contribution in [3.63, 3.8) is 0 Å². The number of aromatic amines is 1. The summed E-state index contributed by atoms with van der Waals surface area (Å²) in [5.74, 6) is -4.46. The summed E-state index contributed by atoms with van der Waals surface area (Å²) in [4.78, 5) is 67.2. The fraction of sp³-hybridized carbons (Fsp3) is 0.364. The second-order valence-corrected chi connectivity index (χ2v) is 7.94. The quantitative estimate of drug-likeness (QED) is 0.166. The predicted molar refractivity (Wildman–Crippen MR) is 123 cm³/mol. The highest BCUT2D eigenvalue weighted by Crippen LogP contribution is 2.04. The van der Waals surface area contributed by atoms with E-state index in [1.165, 1.54) is 19.4 Å². The number of primary amides is 1. The van der Waals surface area contributed by atoms with Gasteiger partial charge in [-0.3, -0.25) is 19.2 Å². The van der Waals surface area contributed by atoms with Crippen molar-refractivity contribution in [3.8, 4) is 0 Å². The predicted octanol–water partition coefficient (Wildman–Crippen LogP) is -2.04. The third-order valence-electron chi connectivity index (χ3n) is 5.02. The minimum atomic E-state index is -1.38. The third kappa shape index (κ3) is 8.89. The van der Waals surface area contributed by atoms with Crippen molar-refractivity contribution in [2.45, 2.75) is 50.4 Å². The number of nitrogens with two attached hydrogens (primary N) is 2. The smallest absolute Gasteiger partial charge is 0.326 e. The minimum absolute atomic E-state index is 0.0542. The van der Waals surface area contributed by atoms with E-state index in [2.05, 4.69) is 25.9 Å². The molecule has 0 aliphatic heterocycles. The lowest BCUT2D eigenvalue weighted by atomic mass is 10.1. The van der Waals surface area contributed by atoms with E-state index in [1.54, 1.807) is 24.3 Å². The number of carbonyl (C=O) groups excluding carboxylic acids is 4. The Hall–Kier alpha value is -4.26. The zero-order valence-electron chi connectivity index (χ0n) is 19.1. The lowest BCUT2D eigenvalue weighted by molar-refractivity contribution is -0.142. The molecule has 2 rings (SSSR count). The summed E-state index contributed by atoms with van der Waals surface area (Å²) < 4.78 is 0. The maximum Gasteiger partial charge on any atom is 0.326 e. The van der Waals surface area contributed by atoms with Crippen LogP contribution in [0.3, 0.4) is 0 Å². The first-order valence-electron chi connectivity index (χ1n) is 10.8. The maximum absolute atomic E-state index is 12.7. The average Bonchev–Trinajstić information content (AvgIpc) is 3.31. The molecule has 9 N–H and O–H groups in total. The normalized spacial score (nSPS) is 14.1. The van der Waals surface area contributed by atoms with Crippen molar-refractivity contribution in [1.82, 2.24) is 25.9 Å². The van der Waals surface area contributed by atoms with Gasteiger partial charge in [0, 0.05) is 18.3 Å². The first-order chi connectivity index (χ1) is 16.6. The molecule has 4 atom stereocenters. The molecule has 0 spiro atoms. The molecule has 4 amide bonds. The minimum Gasteiger partial charge on any atom is -0.480 e. The number of carbonyl (C=O) groups is 5. The molecular formula is C22H29N7O6. The van der Waals surface area contributed by atoms with Gasteiger partial charge in [0.05, 0.1) is 18.8 Å². The van der Waals surface area contributed by atoms with E-state index in [9.17, 15) is 29.1 Å². The molecule has 0 radical (unpaired) electrons. The standard InChI is InChI=1S/C22H29N7O6/c1-12(19(31)29-17(22(34)35)8-14-10-25-11-26-14)27-21(33)16(9-18(24)30)28-20(32)15(23)7-13-5-3-2-4-6-13/h2-6,10-12,15-17H,7-9,23H2,1H3,(H2,24,30)(H,25,26)(H,27,33)(H,28,32)(H,29,31)(H,34,35). The number of hydrogen-bond acceptors (Lipinski definition) is 7. The van der Waals surface area contributed by atoms with Crippen LogP contribution in [0.1, 0.15) is 24.6 Å². The Balaban J connectivity index is 1.97. The zero-order chi connectivity index (χ0) is 26.0. The maximum atomic E-state index is 12.7. The number of nitrogens with one attached hydrogen (secondary N) is 4. The summed E-state index contributed by atoms with van der Waals surface area (Å²) in [6, 6.07) is 4.14. The Morgan fingerprint density at radius 1 is 0.971 bits per heavy atom. The van der Waals surface area contributed by atoms with Gasteiger partial charge in [-0.2, -0.15) is 0 Å². The summed E-state index contributed by atoms with van der Waals surface area (Å²) in [5, 5.41) is 16.4. The fourth-order valence-electron chi connectivity index (χ4n) is 3.14. The van der Waals surface area contributed by atoms with Gasteiger partial charge in [0.15, 0.2) is 0 Å². The molecule has 0 bridgehead atoms. The SMILES string of the molecule is CC(NC(=O)C(CC(N)=O)NC(=O)C(N)Cc1ccccc1)C(=O)NC(Cc1cnc[nH]1)C(=O)O. The van der Waals surface area contributed by atoms with Gasteiger partial charge in [-0.1, -0.05) is 30.3 Å². The Morgan fingerprint density at radius 3 is 2.20 bits per heavy atom. The monoisotopic (exact) mass is 487 g/mol. The van der Waals surface area contributed by atoms with Crippen LogP contribution < -0.4 is 27.4 Å². The Morgan fingerprint density at radius 2 is 1.63 bits per heavy atom. The zero-order valence-corrected chi connectivity index (χ0v) is 19.1. The molecule has 1 aromatic heterocycles. The van der Waals surface area contributed by atoms with Crippen LogP contribution in [-0.2, 0) is 36.8 Å². The lowest BCUT2D eigenvalue weighted by Gasteiger charge is -2.23. The number of benzene rings is 1. The molecule has 0 fully saturated rings. The number of carboxylic acids is 1. The molecule has 0 aliphatic carbocycles. The van der Waals surface area contributed by atoms with Gasteiger partial charge in [0.1, 0.15) is 18.1 Å². The molecule has 13 nitrogen and oxygen atoms in total. The summed E-state index contributed by atoms with van der Waals surface area (Å²) in [5.41, 5.74) is 12.4. The van der Waals surface area contributed by atoms with E-state index in [-0.39, 0.29) is 12.8 Å². The van der Waals surface area contributed by atoms with Gasteiger partial charge >= 0.3 is 5.97 Å². The van der Waals surface area contributed by atoms with Crippen molar-refractivity contribution in [3.05, 3.63) is 54.1 Å². The molecule has 35 heavy (non-hydrogen) atoms. The van der Waals surface area contributed by atoms with Crippen LogP contribution >= 0.6 is 0 Å². The van der Waals surface area contributed by atoms with Gasteiger partial charge in [0.25, 0.3) is 0 Å². The van der Waals surface area contributed by atoms with Crippen LogP contribution in [-0.4, -0.2) is 68.8 Å². The molecule has 1 heterocycles. The average molecular weight is 488 g/mol. The molecule has 2 aromatic rings. The van der Waals surface area contributed by atoms with Crippen molar-refractivity contribution in [2.24, 2.45) is 11.5 Å². The van der Waals surface area contributed by atoms with Crippen molar-refractivity contribution < 1.29 is 29.1 Å². The van der Waals surface area contributed by atoms with Crippen LogP contribution in [0.4, 0.5) is 0 Å². The first kappa shape index (κ1) is 27.0. The number of carboxylic acid groups (broad SMARTS) is 1. The topological polar surface area (TPSA) is 222 Å². The van der Waals surface area contributed by atoms with Crippen LogP contribution in [0.5, 0.6) is 0 Å². The number of aromatic nitrogens is 2. The molecule has 13 heteroatoms. The number of rotatable bonds is 13. The Bertz CT molecular complexity index is 1030. The van der Waals surface area contributed by atoms with E-state index in [0.29, 0.717) is 5.69 Å². The molecule has 0 saturated carbocycles. The van der Waals surface area contributed by atoms with Crippen molar-refractivity contribution in [2.75, 3.05) is 0 Å². The number of aliphatic carboxylic acids is 1. The molecule has 188 valence electrons. The summed E-state index contributed by atoms with van der Waals surface area (Å²) >= 11 is 0. The lowest BCUT2D eigenvalue weighted by Crippen LogP contribution is -2.57. The second kappa shape index (κ2) is 12.8. The Kier molecular flexibility index (Phi) is 9.90. The van der Waals surface area contributed by atoms with Crippen LogP contribution in [0.2, 0.25) is 0 Å². The molecule has 0 aliphatic rings. The first-order valence-corrected chi connectivity index (χ1v) is 10.8. The van der Waals surface area contributed by atoms with Crippen LogP contribution in [0.15, 0.2) is 42.9 Å². The summed E-state index contributed by atoms with van der Waals surface area (Å²) in [6.07, 6.45) is 2.41. The van der Waals surface area contributed by atoms with E-state index in [1.807, 2.05) is 6.07 Å². The number of H-pyrrole nitrogens is 1. The van der Waals surface area contributed by atoms with Gasteiger partial charge in [0.2, 0.25) is 23.6 Å². The number of hydrogen-bond donors (Lipinski definition) is 7. The fourth-order valence-corrected chi connectivity index (χ4v) is 3.14. The van der Waals surface area contributed by atoms with Gasteiger partial charge in [-0.25, -0.2) is 9.78 Å². The molecule has 4 unspecified atom stereocenters. The van der Waals surface area contributed by atoms with Gasteiger partial charge in [-0.15, -0.1) is 0 Å². The van der Waals surface area contributed by atoms with Gasteiger partial charge < -0.3 is 37.5 Å². The molecular weight excluding hydrogens is 458 g/mol. The van der Waals surface area contributed by atoms with E-state index < -0.39 is 60.2 Å². The molecule has 1 aromatic carbocycles. The highest BCUT2D eigenvalue weighted by Gasteiger charge is 2.29. The highest BCUT2D eigenvalue weighted by atomic mass is 16.4. The summed E-state index contributed by atoms with van der Waals surface area (Å²) in [6.45, 7) is 1.33. The van der Waals surface area contributed by atoms with Crippen molar-refractivity contribution >= 4 is 29.6 Å². The number of imidazole rings is 1. The van der Waals surface area contributed by atoms with Gasteiger partial charge in [-0.05, 0) is 18.9 Å². The largest absolute Gasteiger partial charge is 0.480 e.